The van der Waals surface area contributed by atoms with Gasteiger partial charge in [0.1, 0.15) is 0 Å². The second-order valence-electron chi connectivity index (χ2n) is 2.45. The van der Waals surface area contributed by atoms with Gasteiger partial charge in [0.15, 0.2) is 0 Å². The lowest BCUT2D eigenvalue weighted by Gasteiger charge is -2.18. The minimum Gasteiger partial charge on any atom is -0.285 e. The third kappa shape index (κ3) is 1.89. The average molecular weight is 122 g/mol. The van der Waals surface area contributed by atoms with Crippen molar-refractivity contribution in [2.45, 2.75) is 26.2 Å². The number of hydrogen-bond donors (Lipinski definition) is 0. The molecule has 0 aromatic carbocycles. The van der Waals surface area contributed by atoms with Gasteiger partial charge in [-0.2, -0.15) is 0 Å². The van der Waals surface area contributed by atoms with Crippen LogP contribution in [0.3, 0.4) is 0 Å². The quantitative estimate of drug-likeness (QED) is 0.350. The van der Waals surface area contributed by atoms with Crippen molar-refractivity contribution in [2.75, 3.05) is 0 Å². The van der Waals surface area contributed by atoms with E-state index in [0.717, 1.165) is 0 Å². The Hall–Kier alpha value is -0.770. The van der Waals surface area contributed by atoms with E-state index in [0.29, 0.717) is 5.92 Å². The van der Waals surface area contributed by atoms with Crippen LogP contribution in [-0.2, 0) is 4.79 Å². The molecule has 1 nitrogen and oxygen atoms in total. The molecule has 9 heavy (non-hydrogen) atoms. The van der Waals surface area contributed by atoms with Crippen molar-refractivity contribution in [3.8, 4) is 11.8 Å². The van der Waals surface area contributed by atoms with Crippen molar-refractivity contribution in [3.63, 3.8) is 0 Å². The zero-order valence-corrected chi connectivity index (χ0v) is 5.61. The third-order valence-corrected chi connectivity index (χ3v) is 1.56. The van der Waals surface area contributed by atoms with Crippen molar-refractivity contribution >= 4 is 5.78 Å². The van der Waals surface area contributed by atoms with Crippen molar-refractivity contribution in [2.24, 2.45) is 5.92 Å². The SMILES string of the molecule is CC(=O)C#CC1CCC1. The number of Topliss-reactive ketones (excluding diaryl/α,β-unsaturated/α-hetero) is 1. The van der Waals surface area contributed by atoms with Crippen LogP contribution in [0.5, 0.6) is 0 Å². The molecule has 0 aromatic rings. The van der Waals surface area contributed by atoms with Gasteiger partial charge in [-0.05, 0) is 18.8 Å². The Kier molecular flexibility index (Phi) is 1.89. The molecule has 1 rings (SSSR count). The van der Waals surface area contributed by atoms with Crippen LogP contribution in [0, 0.1) is 17.8 Å². The van der Waals surface area contributed by atoms with Gasteiger partial charge < -0.3 is 0 Å². The second kappa shape index (κ2) is 2.68. The van der Waals surface area contributed by atoms with E-state index in [-0.39, 0.29) is 5.78 Å². The lowest BCUT2D eigenvalue weighted by Crippen LogP contribution is -2.07. The molecule has 0 amide bonds. The van der Waals surface area contributed by atoms with Crippen LogP contribution in [0.15, 0.2) is 0 Å². The molecule has 0 bridgehead atoms. The van der Waals surface area contributed by atoms with Crippen LogP contribution < -0.4 is 0 Å². The summed E-state index contributed by atoms with van der Waals surface area (Å²) in [5.74, 6) is 6.00. The largest absolute Gasteiger partial charge is 0.285 e. The predicted molar refractivity (Wildman–Crippen MR) is 35.8 cm³/mol. The topological polar surface area (TPSA) is 17.1 Å². The Morgan fingerprint density at radius 3 is 2.56 bits per heavy atom. The smallest absolute Gasteiger partial charge is 0.202 e. The first-order chi connectivity index (χ1) is 4.29. The van der Waals surface area contributed by atoms with E-state index >= 15 is 0 Å². The molecule has 0 radical (unpaired) electrons. The monoisotopic (exact) mass is 122 g/mol. The Bertz CT molecular complexity index is 167. The summed E-state index contributed by atoms with van der Waals surface area (Å²) in [7, 11) is 0. The molecule has 1 aliphatic carbocycles. The highest BCUT2D eigenvalue weighted by atomic mass is 16.1. The summed E-state index contributed by atoms with van der Waals surface area (Å²) >= 11 is 0. The fraction of sp³-hybridized carbons (Fsp3) is 0.625. The standard InChI is InChI=1S/C8H10O/c1-7(9)5-6-8-3-2-4-8/h8H,2-4H2,1H3. The fourth-order valence-corrected chi connectivity index (χ4v) is 0.756. The molecule has 0 unspecified atom stereocenters. The van der Waals surface area contributed by atoms with E-state index < -0.39 is 0 Å². The van der Waals surface area contributed by atoms with Crippen molar-refractivity contribution in [1.29, 1.82) is 0 Å². The van der Waals surface area contributed by atoms with Gasteiger partial charge in [0.05, 0.1) is 0 Å². The molecule has 0 spiro atoms. The van der Waals surface area contributed by atoms with Crippen LogP contribution in [-0.4, -0.2) is 5.78 Å². The van der Waals surface area contributed by atoms with Gasteiger partial charge in [0.2, 0.25) is 5.78 Å². The molecule has 0 aromatic heterocycles. The van der Waals surface area contributed by atoms with E-state index in [4.69, 9.17) is 0 Å². The first-order valence-corrected chi connectivity index (χ1v) is 3.31. The first kappa shape index (κ1) is 6.35. The molecular formula is C8H10O. The molecule has 0 atom stereocenters. The Morgan fingerprint density at radius 2 is 2.22 bits per heavy atom. The van der Waals surface area contributed by atoms with Gasteiger partial charge in [0, 0.05) is 12.8 Å². The Labute approximate surface area is 55.4 Å². The maximum absolute atomic E-state index is 10.3. The number of carbonyl (C=O) groups is 1. The van der Waals surface area contributed by atoms with Crippen LogP contribution in [0.1, 0.15) is 26.2 Å². The minimum absolute atomic E-state index is 0.0121. The normalized spacial score (nSPS) is 17.4. The highest BCUT2D eigenvalue weighted by Crippen LogP contribution is 2.24. The molecule has 1 heteroatoms. The minimum atomic E-state index is -0.0121. The van der Waals surface area contributed by atoms with Crippen LogP contribution in [0.4, 0.5) is 0 Å². The summed E-state index contributed by atoms with van der Waals surface area (Å²) in [6.45, 7) is 1.51. The van der Waals surface area contributed by atoms with Gasteiger partial charge in [0.25, 0.3) is 0 Å². The van der Waals surface area contributed by atoms with Gasteiger partial charge in [-0.15, -0.1) is 0 Å². The summed E-state index contributed by atoms with van der Waals surface area (Å²) in [5.41, 5.74) is 0. The lowest BCUT2D eigenvalue weighted by molar-refractivity contribution is -0.111. The van der Waals surface area contributed by atoms with Crippen molar-refractivity contribution in [3.05, 3.63) is 0 Å². The maximum atomic E-state index is 10.3. The predicted octanol–water partition coefficient (Wildman–Crippen LogP) is 1.38. The lowest BCUT2D eigenvalue weighted by atomic mass is 9.86. The average Bonchev–Trinajstić information content (AvgIpc) is 1.60. The third-order valence-electron chi connectivity index (χ3n) is 1.56. The molecule has 1 saturated carbocycles. The van der Waals surface area contributed by atoms with Crippen LogP contribution in [0.25, 0.3) is 0 Å². The molecule has 1 aliphatic rings. The first-order valence-electron chi connectivity index (χ1n) is 3.31. The number of carbonyl (C=O) groups excluding carboxylic acids is 1. The van der Waals surface area contributed by atoms with Crippen molar-refractivity contribution in [1.82, 2.24) is 0 Å². The number of hydrogen-bond acceptors (Lipinski definition) is 1. The van der Waals surface area contributed by atoms with E-state index in [2.05, 4.69) is 11.8 Å². The number of rotatable bonds is 0. The van der Waals surface area contributed by atoms with Gasteiger partial charge >= 0.3 is 0 Å². The maximum Gasteiger partial charge on any atom is 0.202 e. The van der Waals surface area contributed by atoms with Crippen LogP contribution >= 0.6 is 0 Å². The fourth-order valence-electron chi connectivity index (χ4n) is 0.756. The van der Waals surface area contributed by atoms with E-state index in [1.165, 1.54) is 26.2 Å². The highest BCUT2D eigenvalue weighted by molar-refractivity contribution is 5.93. The molecule has 1 fully saturated rings. The van der Waals surface area contributed by atoms with Gasteiger partial charge in [-0.1, -0.05) is 12.3 Å². The van der Waals surface area contributed by atoms with E-state index in [1.54, 1.807) is 0 Å². The Morgan fingerprint density at radius 1 is 1.56 bits per heavy atom. The Balaban J connectivity index is 2.31. The summed E-state index contributed by atoms with van der Waals surface area (Å²) in [6.07, 6.45) is 3.68. The highest BCUT2D eigenvalue weighted by Gasteiger charge is 2.13. The summed E-state index contributed by atoms with van der Waals surface area (Å²) < 4.78 is 0. The zero-order valence-electron chi connectivity index (χ0n) is 5.61. The van der Waals surface area contributed by atoms with Crippen molar-refractivity contribution < 1.29 is 4.79 Å². The molecule has 0 saturated heterocycles. The van der Waals surface area contributed by atoms with Crippen LogP contribution in [0.2, 0.25) is 0 Å². The van der Waals surface area contributed by atoms with Gasteiger partial charge in [-0.3, -0.25) is 4.79 Å². The summed E-state index contributed by atoms with van der Waals surface area (Å²) in [5, 5.41) is 0. The zero-order chi connectivity index (χ0) is 6.69. The van der Waals surface area contributed by atoms with E-state index in [1.807, 2.05) is 0 Å². The van der Waals surface area contributed by atoms with Gasteiger partial charge in [-0.25, -0.2) is 0 Å². The molecular weight excluding hydrogens is 112 g/mol. The molecule has 0 heterocycles. The molecule has 0 aliphatic heterocycles. The second-order valence-corrected chi connectivity index (χ2v) is 2.45. The number of ketones is 1. The molecule has 0 N–H and O–H groups in total. The summed E-state index contributed by atoms with van der Waals surface area (Å²) in [6, 6.07) is 0. The van der Waals surface area contributed by atoms with E-state index in [9.17, 15) is 4.79 Å². The summed E-state index contributed by atoms with van der Waals surface area (Å²) in [4.78, 5) is 10.3. The molecule has 48 valence electrons.